The molecule has 9 nitrogen and oxygen atoms in total. The summed E-state index contributed by atoms with van der Waals surface area (Å²) < 4.78 is 10.9. The quantitative estimate of drug-likeness (QED) is 0.410. The van der Waals surface area contributed by atoms with Gasteiger partial charge in [0.1, 0.15) is 0 Å². The van der Waals surface area contributed by atoms with Crippen molar-refractivity contribution >= 4 is 29.2 Å². The van der Waals surface area contributed by atoms with Crippen LogP contribution >= 0.6 is 12.2 Å². The summed E-state index contributed by atoms with van der Waals surface area (Å²) in [5.74, 6) is 2.84. The van der Waals surface area contributed by atoms with E-state index in [0.29, 0.717) is 23.8 Å². The predicted molar refractivity (Wildman–Crippen MR) is 128 cm³/mol. The second-order valence-electron chi connectivity index (χ2n) is 7.82. The van der Waals surface area contributed by atoms with Crippen molar-refractivity contribution in [2.24, 2.45) is 4.99 Å². The molecular formula is C22H29N7O2S. The summed E-state index contributed by atoms with van der Waals surface area (Å²) in [6.07, 6.45) is 0. The van der Waals surface area contributed by atoms with Crippen molar-refractivity contribution in [3.63, 3.8) is 0 Å². The first-order chi connectivity index (χ1) is 15.5. The SMILES string of the molecule is CCNC(=S)/N=C(/Nc1nc(C)cc(C)n1)N1CCN(Cc2ccc3c(c2)OCO3)CC1. The Labute approximate surface area is 193 Å². The molecule has 2 aromatic rings. The maximum atomic E-state index is 5.50. The largest absolute Gasteiger partial charge is 0.454 e. The fourth-order valence-corrected chi connectivity index (χ4v) is 3.99. The highest BCUT2D eigenvalue weighted by Crippen LogP contribution is 2.32. The number of nitrogens with zero attached hydrogens (tertiary/aromatic N) is 5. The van der Waals surface area contributed by atoms with Gasteiger partial charge in [-0.15, -0.1) is 0 Å². The number of benzene rings is 1. The van der Waals surface area contributed by atoms with Crippen molar-refractivity contribution in [1.82, 2.24) is 25.1 Å². The van der Waals surface area contributed by atoms with Gasteiger partial charge in [-0.05, 0) is 56.8 Å². The molecule has 1 fully saturated rings. The lowest BCUT2D eigenvalue weighted by Crippen LogP contribution is -2.50. The van der Waals surface area contributed by atoms with E-state index in [4.69, 9.17) is 21.7 Å². The van der Waals surface area contributed by atoms with E-state index >= 15 is 0 Å². The zero-order valence-electron chi connectivity index (χ0n) is 18.7. The van der Waals surface area contributed by atoms with Gasteiger partial charge < -0.3 is 19.7 Å². The molecular weight excluding hydrogens is 426 g/mol. The topological polar surface area (TPSA) is 87.1 Å². The first-order valence-electron chi connectivity index (χ1n) is 10.8. The summed E-state index contributed by atoms with van der Waals surface area (Å²) >= 11 is 5.38. The van der Waals surface area contributed by atoms with Crippen LogP contribution in [-0.4, -0.2) is 70.4 Å². The number of hydrogen-bond donors (Lipinski definition) is 2. The third-order valence-corrected chi connectivity index (χ3v) is 5.49. The number of ether oxygens (including phenoxy) is 2. The first-order valence-corrected chi connectivity index (χ1v) is 11.2. The predicted octanol–water partition coefficient (Wildman–Crippen LogP) is 2.30. The Kier molecular flexibility index (Phi) is 7.01. The maximum absolute atomic E-state index is 5.50. The van der Waals surface area contributed by atoms with E-state index < -0.39 is 0 Å². The third-order valence-electron chi connectivity index (χ3n) is 5.26. The number of thiocarbonyl (C=S) groups is 1. The molecule has 0 radical (unpaired) electrons. The van der Waals surface area contributed by atoms with Crippen LogP contribution in [0, 0.1) is 13.8 Å². The van der Waals surface area contributed by atoms with Crippen LogP contribution in [0.4, 0.5) is 5.95 Å². The normalized spacial score (nSPS) is 16.2. The number of aromatic nitrogens is 2. The van der Waals surface area contributed by atoms with Crippen LogP contribution in [0.5, 0.6) is 11.5 Å². The Balaban J connectivity index is 1.41. The number of aryl methyl sites for hydroxylation is 2. The Morgan fingerprint density at radius 1 is 1.06 bits per heavy atom. The second kappa shape index (κ2) is 10.1. The van der Waals surface area contributed by atoms with Crippen LogP contribution in [0.25, 0.3) is 0 Å². The van der Waals surface area contributed by atoms with Gasteiger partial charge in [-0.3, -0.25) is 10.2 Å². The zero-order chi connectivity index (χ0) is 22.5. The zero-order valence-corrected chi connectivity index (χ0v) is 19.5. The highest BCUT2D eigenvalue weighted by molar-refractivity contribution is 7.80. The number of piperazine rings is 1. The molecule has 0 aliphatic carbocycles. The number of anilines is 1. The van der Waals surface area contributed by atoms with Gasteiger partial charge in [0.15, 0.2) is 16.6 Å². The molecule has 0 atom stereocenters. The summed E-state index contributed by atoms with van der Waals surface area (Å²) in [5.41, 5.74) is 3.02. The van der Waals surface area contributed by atoms with E-state index in [9.17, 15) is 0 Å². The van der Waals surface area contributed by atoms with Gasteiger partial charge in [0.2, 0.25) is 18.7 Å². The Bertz CT molecular complexity index is 986. The Morgan fingerprint density at radius 3 is 2.50 bits per heavy atom. The molecule has 4 rings (SSSR count). The van der Waals surface area contributed by atoms with Crippen molar-refractivity contribution in [2.75, 3.05) is 44.8 Å². The molecule has 2 N–H and O–H groups in total. The number of aliphatic imine (C=N–C) groups is 1. The van der Waals surface area contributed by atoms with Gasteiger partial charge in [0.05, 0.1) is 0 Å². The fourth-order valence-electron chi connectivity index (χ4n) is 3.76. The van der Waals surface area contributed by atoms with Gasteiger partial charge >= 0.3 is 0 Å². The monoisotopic (exact) mass is 455 g/mol. The van der Waals surface area contributed by atoms with Crippen LogP contribution < -0.4 is 20.1 Å². The minimum atomic E-state index is 0.297. The van der Waals surface area contributed by atoms with Gasteiger partial charge in [0.25, 0.3) is 0 Å². The number of rotatable bonds is 4. The van der Waals surface area contributed by atoms with Crippen molar-refractivity contribution < 1.29 is 9.47 Å². The average Bonchev–Trinajstić information content (AvgIpc) is 3.21. The summed E-state index contributed by atoms with van der Waals surface area (Å²) in [4.78, 5) is 18.2. The molecule has 0 amide bonds. The van der Waals surface area contributed by atoms with Crippen molar-refractivity contribution in [2.45, 2.75) is 27.3 Å². The molecule has 3 heterocycles. The molecule has 1 aromatic carbocycles. The van der Waals surface area contributed by atoms with Crippen molar-refractivity contribution in [1.29, 1.82) is 0 Å². The summed E-state index contributed by atoms with van der Waals surface area (Å²) in [6.45, 7) is 11.2. The number of nitrogens with one attached hydrogen (secondary N) is 2. The number of fused-ring (bicyclic) bond motifs is 1. The van der Waals surface area contributed by atoms with E-state index in [2.05, 4.69) is 47.5 Å². The molecule has 0 spiro atoms. The minimum absolute atomic E-state index is 0.297. The second-order valence-corrected chi connectivity index (χ2v) is 8.21. The molecule has 0 unspecified atom stereocenters. The lowest BCUT2D eigenvalue weighted by molar-refractivity contribution is 0.172. The van der Waals surface area contributed by atoms with E-state index in [1.54, 1.807) is 0 Å². The lowest BCUT2D eigenvalue weighted by atomic mass is 10.1. The van der Waals surface area contributed by atoms with Gasteiger partial charge in [-0.2, -0.15) is 4.99 Å². The van der Waals surface area contributed by atoms with Crippen molar-refractivity contribution in [3.8, 4) is 11.5 Å². The average molecular weight is 456 g/mol. The molecule has 170 valence electrons. The summed E-state index contributed by atoms with van der Waals surface area (Å²) in [7, 11) is 0. The van der Waals surface area contributed by atoms with E-state index in [1.807, 2.05) is 32.9 Å². The van der Waals surface area contributed by atoms with Crippen LogP contribution in [0.1, 0.15) is 23.9 Å². The highest BCUT2D eigenvalue weighted by Gasteiger charge is 2.22. The van der Waals surface area contributed by atoms with Crippen molar-refractivity contribution in [3.05, 3.63) is 41.2 Å². The molecule has 0 bridgehead atoms. The van der Waals surface area contributed by atoms with E-state index in [1.165, 1.54) is 5.56 Å². The summed E-state index contributed by atoms with van der Waals surface area (Å²) in [5, 5.41) is 6.83. The third kappa shape index (κ3) is 5.63. The summed E-state index contributed by atoms with van der Waals surface area (Å²) in [6, 6.07) is 8.09. The smallest absolute Gasteiger partial charge is 0.231 e. The highest BCUT2D eigenvalue weighted by atomic mass is 32.1. The first kappa shape index (κ1) is 22.2. The van der Waals surface area contributed by atoms with Gasteiger partial charge in [-0.25, -0.2) is 9.97 Å². The van der Waals surface area contributed by atoms with Crippen LogP contribution in [-0.2, 0) is 6.54 Å². The van der Waals surface area contributed by atoms with Crippen LogP contribution in [0.3, 0.4) is 0 Å². The molecule has 2 aliphatic rings. The molecule has 2 aliphatic heterocycles. The Hall–Kier alpha value is -2.98. The minimum Gasteiger partial charge on any atom is -0.454 e. The van der Waals surface area contributed by atoms with Gasteiger partial charge in [-0.1, -0.05) is 6.07 Å². The van der Waals surface area contributed by atoms with Gasteiger partial charge in [0, 0.05) is 50.7 Å². The molecule has 10 heteroatoms. The molecule has 0 saturated carbocycles. The van der Waals surface area contributed by atoms with E-state index in [-0.39, 0.29) is 0 Å². The van der Waals surface area contributed by atoms with E-state index in [0.717, 1.165) is 62.2 Å². The number of hydrogen-bond acceptors (Lipinski definition) is 6. The fraction of sp³-hybridized carbons (Fsp3) is 0.455. The number of guanidine groups is 1. The molecule has 1 aromatic heterocycles. The molecule has 32 heavy (non-hydrogen) atoms. The van der Waals surface area contributed by atoms with Crippen LogP contribution in [0.15, 0.2) is 29.3 Å². The molecule has 1 saturated heterocycles. The van der Waals surface area contributed by atoms with Crippen LogP contribution in [0.2, 0.25) is 0 Å². The maximum Gasteiger partial charge on any atom is 0.231 e. The Morgan fingerprint density at radius 2 is 1.78 bits per heavy atom. The standard InChI is InChI=1S/C22H29N7O2S/c1-4-23-22(32)27-21(26-20-24-15(2)11-16(3)25-20)29-9-7-28(8-10-29)13-17-5-6-18-19(12-17)31-14-30-18/h5-6,11-12H,4,7-10,13-14H2,1-3H3,(H2,23,24,25,26,27,32). The lowest BCUT2D eigenvalue weighted by Gasteiger charge is -2.36.